The number of carbonyl (C=O) groups excluding carboxylic acids is 1. The van der Waals surface area contributed by atoms with E-state index in [-0.39, 0.29) is 10.8 Å². The fraction of sp³-hybridized carbons (Fsp3) is 0.750. The van der Waals surface area contributed by atoms with Crippen LogP contribution in [0.4, 0.5) is 0 Å². The van der Waals surface area contributed by atoms with Gasteiger partial charge in [-0.2, -0.15) is 0 Å². The molecule has 3 saturated carbocycles. The normalized spacial score (nSPS) is 49.2. The third-order valence-electron chi connectivity index (χ3n) is 7.85. The molecular weight excluding hydrogens is 256 g/mol. The molecule has 21 heavy (non-hydrogen) atoms. The Bertz CT molecular complexity index is 542. The summed E-state index contributed by atoms with van der Waals surface area (Å²) in [6, 6.07) is 0. The fourth-order valence-corrected chi connectivity index (χ4v) is 6.44. The Balaban J connectivity index is 1.75. The van der Waals surface area contributed by atoms with Crippen molar-refractivity contribution in [1.29, 1.82) is 0 Å². The molecule has 0 aromatic carbocycles. The minimum Gasteiger partial charge on any atom is -0.299 e. The monoisotopic (exact) mass is 284 g/mol. The van der Waals surface area contributed by atoms with E-state index in [2.05, 4.69) is 26.5 Å². The highest BCUT2D eigenvalue weighted by molar-refractivity contribution is 5.87. The summed E-state index contributed by atoms with van der Waals surface area (Å²) >= 11 is 0. The molecule has 114 valence electrons. The van der Waals surface area contributed by atoms with Gasteiger partial charge < -0.3 is 0 Å². The van der Waals surface area contributed by atoms with E-state index >= 15 is 0 Å². The van der Waals surface area contributed by atoms with Crippen molar-refractivity contribution in [2.24, 2.45) is 28.6 Å². The molecule has 1 heteroatoms. The summed E-state index contributed by atoms with van der Waals surface area (Å²) in [5.74, 6) is 2.65. The Kier molecular flexibility index (Phi) is 2.85. The highest BCUT2D eigenvalue weighted by Gasteiger charge is 2.58. The summed E-state index contributed by atoms with van der Waals surface area (Å²) in [4.78, 5) is 12.4. The SMILES string of the molecule is C=C1CCCC2=CC[C@@H]3[C@H](CC[C@]4(C)C(=O)CC[C@@H]34)[C@@]12C. The second kappa shape index (κ2) is 4.33. The molecule has 5 atom stereocenters. The standard InChI is InChI=1S/C20H28O/c1-13-5-4-6-14-7-8-15-16-9-10-18(21)19(16,2)12-11-17(15)20(13,14)3/h7,15-17H,1,4-6,8-12H2,2-3H3/t15-,16-,17-,19-,20-/m0/s1. The first-order chi connectivity index (χ1) is 9.98. The molecule has 0 amide bonds. The minimum atomic E-state index is -0.00112. The lowest BCUT2D eigenvalue weighted by Gasteiger charge is -2.57. The van der Waals surface area contributed by atoms with Gasteiger partial charge in [0, 0.05) is 17.3 Å². The predicted octanol–water partition coefficient (Wildman–Crippen LogP) is 5.07. The van der Waals surface area contributed by atoms with Gasteiger partial charge in [-0.15, -0.1) is 0 Å². The molecule has 4 rings (SSSR count). The van der Waals surface area contributed by atoms with Gasteiger partial charge in [-0.05, 0) is 62.7 Å². The van der Waals surface area contributed by atoms with E-state index in [9.17, 15) is 4.79 Å². The van der Waals surface area contributed by atoms with Gasteiger partial charge in [-0.25, -0.2) is 0 Å². The van der Waals surface area contributed by atoms with Gasteiger partial charge in [0.05, 0.1) is 0 Å². The molecule has 0 aromatic heterocycles. The summed E-state index contributed by atoms with van der Waals surface area (Å²) in [6.45, 7) is 9.20. The zero-order chi connectivity index (χ0) is 14.8. The van der Waals surface area contributed by atoms with E-state index in [1.807, 2.05) is 0 Å². The third kappa shape index (κ3) is 1.61. The maximum atomic E-state index is 12.4. The van der Waals surface area contributed by atoms with Crippen molar-refractivity contribution in [3.63, 3.8) is 0 Å². The number of hydrogen-bond acceptors (Lipinski definition) is 1. The predicted molar refractivity (Wildman–Crippen MR) is 85.9 cm³/mol. The van der Waals surface area contributed by atoms with Crippen LogP contribution in [-0.2, 0) is 4.79 Å². The van der Waals surface area contributed by atoms with Crippen molar-refractivity contribution >= 4 is 5.78 Å². The van der Waals surface area contributed by atoms with Crippen molar-refractivity contribution in [3.05, 3.63) is 23.8 Å². The third-order valence-corrected chi connectivity index (χ3v) is 7.85. The van der Waals surface area contributed by atoms with Crippen LogP contribution >= 0.6 is 0 Å². The smallest absolute Gasteiger partial charge is 0.139 e. The molecule has 0 spiro atoms. The lowest BCUT2D eigenvalue weighted by atomic mass is 9.47. The van der Waals surface area contributed by atoms with Crippen LogP contribution < -0.4 is 0 Å². The first kappa shape index (κ1) is 13.8. The number of fused-ring (bicyclic) bond motifs is 5. The summed E-state index contributed by atoms with van der Waals surface area (Å²) in [5, 5.41) is 0. The largest absolute Gasteiger partial charge is 0.299 e. The number of allylic oxidation sites excluding steroid dienone is 3. The first-order valence-electron chi connectivity index (χ1n) is 8.89. The summed E-state index contributed by atoms with van der Waals surface area (Å²) in [7, 11) is 0. The van der Waals surface area contributed by atoms with E-state index in [0.717, 1.165) is 31.1 Å². The molecule has 4 aliphatic rings. The molecule has 0 unspecified atom stereocenters. The maximum Gasteiger partial charge on any atom is 0.139 e. The van der Waals surface area contributed by atoms with Gasteiger partial charge in [0.2, 0.25) is 0 Å². The zero-order valence-corrected chi connectivity index (χ0v) is 13.6. The van der Waals surface area contributed by atoms with Crippen molar-refractivity contribution < 1.29 is 4.79 Å². The number of hydrogen-bond donors (Lipinski definition) is 0. The van der Waals surface area contributed by atoms with Gasteiger partial charge in [0.1, 0.15) is 5.78 Å². The van der Waals surface area contributed by atoms with Gasteiger partial charge in [0.25, 0.3) is 0 Å². The van der Waals surface area contributed by atoms with Gasteiger partial charge in [0.15, 0.2) is 0 Å². The number of rotatable bonds is 0. The lowest BCUT2D eigenvalue weighted by Crippen LogP contribution is -2.50. The van der Waals surface area contributed by atoms with E-state index in [0.29, 0.717) is 11.7 Å². The molecule has 4 aliphatic carbocycles. The topological polar surface area (TPSA) is 17.1 Å². The molecule has 3 fully saturated rings. The Hall–Kier alpha value is -0.850. The fourth-order valence-electron chi connectivity index (χ4n) is 6.44. The van der Waals surface area contributed by atoms with Crippen LogP contribution in [0.5, 0.6) is 0 Å². The van der Waals surface area contributed by atoms with Crippen molar-refractivity contribution in [2.45, 2.75) is 65.2 Å². The van der Waals surface area contributed by atoms with E-state index < -0.39 is 0 Å². The average Bonchev–Trinajstić information content (AvgIpc) is 2.76. The molecule has 0 bridgehead atoms. The highest BCUT2D eigenvalue weighted by Crippen LogP contribution is 2.64. The van der Waals surface area contributed by atoms with Crippen LogP contribution in [0, 0.1) is 28.6 Å². The average molecular weight is 284 g/mol. The lowest BCUT2D eigenvalue weighted by molar-refractivity contribution is -0.131. The highest BCUT2D eigenvalue weighted by atomic mass is 16.1. The Morgan fingerprint density at radius 2 is 1.95 bits per heavy atom. The number of carbonyl (C=O) groups is 1. The molecule has 1 nitrogen and oxygen atoms in total. The minimum absolute atomic E-state index is 0.00112. The summed E-state index contributed by atoms with van der Waals surface area (Å²) < 4.78 is 0. The second-order valence-corrected chi connectivity index (χ2v) is 8.42. The molecule has 0 aromatic rings. The molecule has 0 heterocycles. The maximum absolute atomic E-state index is 12.4. The molecule has 0 radical (unpaired) electrons. The summed E-state index contributed by atoms with van der Waals surface area (Å²) in [6.07, 6.45) is 11.9. The van der Waals surface area contributed by atoms with Crippen LogP contribution in [0.2, 0.25) is 0 Å². The quantitative estimate of drug-likeness (QED) is 0.567. The van der Waals surface area contributed by atoms with Crippen LogP contribution in [0.25, 0.3) is 0 Å². The summed E-state index contributed by atoms with van der Waals surface area (Å²) in [5.41, 5.74) is 3.39. The Labute approximate surface area is 128 Å². The molecular formula is C20H28O. The van der Waals surface area contributed by atoms with Crippen molar-refractivity contribution in [2.75, 3.05) is 0 Å². The van der Waals surface area contributed by atoms with E-state index in [4.69, 9.17) is 0 Å². The van der Waals surface area contributed by atoms with Crippen LogP contribution in [-0.4, -0.2) is 5.78 Å². The van der Waals surface area contributed by atoms with Gasteiger partial charge >= 0.3 is 0 Å². The van der Waals surface area contributed by atoms with Crippen LogP contribution in [0.1, 0.15) is 65.2 Å². The van der Waals surface area contributed by atoms with E-state index in [1.165, 1.54) is 37.7 Å². The first-order valence-corrected chi connectivity index (χ1v) is 8.89. The number of Topliss-reactive ketones (excluding diaryl/α,β-unsaturated/α-hetero) is 1. The number of ketones is 1. The molecule has 0 aliphatic heterocycles. The van der Waals surface area contributed by atoms with Crippen LogP contribution in [0.15, 0.2) is 23.8 Å². The molecule has 0 saturated heterocycles. The van der Waals surface area contributed by atoms with Crippen molar-refractivity contribution in [1.82, 2.24) is 0 Å². The molecule has 0 N–H and O–H groups in total. The van der Waals surface area contributed by atoms with Crippen LogP contribution in [0.3, 0.4) is 0 Å². The van der Waals surface area contributed by atoms with Gasteiger partial charge in [-0.3, -0.25) is 4.79 Å². The van der Waals surface area contributed by atoms with Gasteiger partial charge in [-0.1, -0.05) is 37.6 Å². The van der Waals surface area contributed by atoms with Crippen molar-refractivity contribution in [3.8, 4) is 0 Å². The second-order valence-electron chi connectivity index (χ2n) is 8.42. The Morgan fingerprint density at radius 1 is 1.14 bits per heavy atom. The van der Waals surface area contributed by atoms with E-state index in [1.54, 1.807) is 5.57 Å². The Morgan fingerprint density at radius 3 is 2.76 bits per heavy atom. The zero-order valence-electron chi connectivity index (χ0n) is 13.6.